The largest absolute Gasteiger partial charge is 0.506 e. The Morgan fingerprint density at radius 3 is 2.69 bits per heavy atom. The summed E-state index contributed by atoms with van der Waals surface area (Å²) in [6.45, 7) is 0. The molecule has 0 radical (unpaired) electrons. The Morgan fingerprint density at radius 2 is 1.94 bits per heavy atom. The predicted molar refractivity (Wildman–Crippen MR) is 144 cm³/mol. The van der Waals surface area contributed by atoms with Gasteiger partial charge in [0.2, 0.25) is 0 Å². The molecule has 0 fully saturated rings. The standard InChI is InChI=1S/C24H18Br2N4O4S/c1-34-17-8-6-16(7-9-17)30-23(33)18-4-2-3-5-20(18)28-24(30)35-13-21(31)29-27-12-14-10-15(25)11-19(26)22(14)32/h2-12,32H,13H2,1H3,(H,29,31)/b27-12+. The number of carbonyl (C=O) groups excluding carboxylic acids is 1. The molecule has 0 atom stereocenters. The van der Waals surface area contributed by atoms with E-state index >= 15 is 0 Å². The van der Waals surface area contributed by atoms with E-state index in [2.05, 4.69) is 47.4 Å². The highest BCUT2D eigenvalue weighted by atomic mass is 79.9. The Balaban J connectivity index is 1.56. The molecule has 0 saturated carbocycles. The highest BCUT2D eigenvalue weighted by Crippen LogP contribution is 2.30. The fourth-order valence-electron chi connectivity index (χ4n) is 3.19. The maximum absolute atomic E-state index is 13.3. The zero-order valence-electron chi connectivity index (χ0n) is 18.2. The second-order valence-corrected chi connectivity index (χ2v) is 9.87. The summed E-state index contributed by atoms with van der Waals surface area (Å²) in [5.41, 5.74) is 3.75. The number of carbonyl (C=O) groups is 1. The average Bonchev–Trinajstić information content (AvgIpc) is 2.86. The first kappa shape index (κ1) is 25.0. The van der Waals surface area contributed by atoms with Crippen molar-refractivity contribution in [1.29, 1.82) is 0 Å². The fourth-order valence-corrected chi connectivity index (χ4v) is 5.25. The van der Waals surface area contributed by atoms with Gasteiger partial charge >= 0.3 is 0 Å². The molecule has 0 bridgehead atoms. The number of halogens is 2. The summed E-state index contributed by atoms with van der Waals surface area (Å²) in [5.74, 6) is 0.227. The Morgan fingerprint density at radius 1 is 1.20 bits per heavy atom. The van der Waals surface area contributed by atoms with Crippen LogP contribution < -0.4 is 15.7 Å². The third kappa shape index (κ3) is 5.75. The molecular weight excluding hydrogens is 600 g/mol. The van der Waals surface area contributed by atoms with Crippen LogP contribution in [0.15, 0.2) is 84.7 Å². The molecule has 11 heteroatoms. The minimum Gasteiger partial charge on any atom is -0.506 e. The van der Waals surface area contributed by atoms with Gasteiger partial charge in [0.25, 0.3) is 11.5 Å². The third-order valence-corrected chi connectivity index (χ3v) is 6.86. The van der Waals surface area contributed by atoms with E-state index in [1.807, 2.05) is 0 Å². The van der Waals surface area contributed by atoms with Gasteiger partial charge in [-0.1, -0.05) is 39.8 Å². The van der Waals surface area contributed by atoms with Crippen molar-refractivity contribution < 1.29 is 14.6 Å². The maximum atomic E-state index is 13.3. The van der Waals surface area contributed by atoms with Gasteiger partial charge in [0.15, 0.2) is 5.16 Å². The molecule has 0 spiro atoms. The number of hydrazone groups is 1. The average molecular weight is 618 g/mol. The summed E-state index contributed by atoms with van der Waals surface area (Å²) in [6.07, 6.45) is 1.34. The van der Waals surface area contributed by atoms with Crippen molar-refractivity contribution in [3.63, 3.8) is 0 Å². The fraction of sp³-hybridized carbons (Fsp3) is 0.0833. The predicted octanol–water partition coefficient (Wildman–Crippen LogP) is 4.87. The van der Waals surface area contributed by atoms with Gasteiger partial charge in [0, 0.05) is 10.0 Å². The summed E-state index contributed by atoms with van der Waals surface area (Å²) in [5, 5.41) is 14.9. The van der Waals surface area contributed by atoms with Crippen molar-refractivity contribution in [3.8, 4) is 17.2 Å². The molecule has 3 aromatic carbocycles. The van der Waals surface area contributed by atoms with Gasteiger partial charge in [-0.3, -0.25) is 14.2 Å². The van der Waals surface area contributed by atoms with Crippen LogP contribution in [-0.4, -0.2) is 39.6 Å². The number of thioether (sulfide) groups is 1. The quantitative estimate of drug-likeness (QED) is 0.133. The molecule has 2 N–H and O–H groups in total. The van der Waals surface area contributed by atoms with E-state index in [4.69, 9.17) is 4.74 Å². The molecule has 4 aromatic rings. The zero-order chi connectivity index (χ0) is 24.9. The number of nitrogens with one attached hydrogen (secondary N) is 1. The van der Waals surface area contributed by atoms with Crippen molar-refractivity contribution >= 4 is 66.6 Å². The first-order chi connectivity index (χ1) is 16.9. The molecule has 178 valence electrons. The number of aromatic hydroxyl groups is 1. The maximum Gasteiger partial charge on any atom is 0.266 e. The lowest BCUT2D eigenvalue weighted by Crippen LogP contribution is -2.24. The molecule has 1 aromatic heterocycles. The normalized spacial score (nSPS) is 11.2. The number of nitrogens with zero attached hydrogens (tertiary/aromatic N) is 3. The first-order valence-corrected chi connectivity index (χ1v) is 12.7. The molecule has 4 rings (SSSR count). The number of hydrogen-bond acceptors (Lipinski definition) is 7. The summed E-state index contributed by atoms with van der Waals surface area (Å²) < 4.78 is 7.92. The van der Waals surface area contributed by atoms with Crippen molar-refractivity contribution in [1.82, 2.24) is 15.0 Å². The summed E-state index contributed by atoms with van der Waals surface area (Å²) in [7, 11) is 1.57. The van der Waals surface area contributed by atoms with Gasteiger partial charge in [-0.05, 0) is 64.5 Å². The highest BCUT2D eigenvalue weighted by molar-refractivity contribution is 9.11. The van der Waals surface area contributed by atoms with E-state index < -0.39 is 5.91 Å². The number of benzene rings is 3. The summed E-state index contributed by atoms with van der Waals surface area (Å²) in [4.78, 5) is 30.4. The molecule has 0 saturated heterocycles. The second-order valence-electron chi connectivity index (χ2n) is 7.16. The van der Waals surface area contributed by atoms with Gasteiger partial charge in [0.05, 0.1) is 40.1 Å². The number of para-hydroxylation sites is 1. The molecule has 0 aliphatic heterocycles. The summed E-state index contributed by atoms with van der Waals surface area (Å²) in [6, 6.07) is 17.4. The monoisotopic (exact) mass is 616 g/mol. The van der Waals surface area contributed by atoms with Crippen LogP contribution in [0.3, 0.4) is 0 Å². The van der Waals surface area contributed by atoms with Crippen LogP contribution in [0.25, 0.3) is 16.6 Å². The van der Waals surface area contributed by atoms with Crippen molar-refractivity contribution in [2.75, 3.05) is 12.9 Å². The molecule has 0 aliphatic carbocycles. The zero-order valence-corrected chi connectivity index (χ0v) is 22.2. The number of amides is 1. The van der Waals surface area contributed by atoms with Crippen LogP contribution in [0.1, 0.15) is 5.56 Å². The van der Waals surface area contributed by atoms with Crippen LogP contribution in [-0.2, 0) is 4.79 Å². The topological polar surface area (TPSA) is 106 Å². The Labute approximate surface area is 221 Å². The van der Waals surface area contributed by atoms with Gasteiger partial charge in [-0.2, -0.15) is 5.10 Å². The molecule has 0 aliphatic rings. The molecule has 1 heterocycles. The van der Waals surface area contributed by atoms with Crippen LogP contribution in [0.2, 0.25) is 0 Å². The molecule has 1 amide bonds. The SMILES string of the molecule is COc1ccc(-n2c(SCC(=O)N/N=C/c3cc(Br)cc(Br)c3O)nc3ccccc3c2=O)cc1. The van der Waals surface area contributed by atoms with Crippen molar-refractivity contribution in [3.05, 3.63) is 85.5 Å². The van der Waals surface area contributed by atoms with E-state index in [0.29, 0.717) is 37.5 Å². The van der Waals surface area contributed by atoms with Crippen LogP contribution in [0, 0.1) is 0 Å². The number of aromatic nitrogens is 2. The van der Waals surface area contributed by atoms with Gasteiger partial charge in [-0.15, -0.1) is 0 Å². The van der Waals surface area contributed by atoms with E-state index in [0.717, 1.165) is 16.2 Å². The minimum absolute atomic E-state index is 0.00412. The van der Waals surface area contributed by atoms with Gasteiger partial charge < -0.3 is 9.84 Å². The summed E-state index contributed by atoms with van der Waals surface area (Å²) >= 11 is 7.71. The molecule has 8 nitrogen and oxygen atoms in total. The lowest BCUT2D eigenvalue weighted by molar-refractivity contribution is -0.118. The second kappa shape index (κ2) is 11.1. The van der Waals surface area contributed by atoms with Crippen LogP contribution in [0.4, 0.5) is 0 Å². The van der Waals surface area contributed by atoms with E-state index in [1.54, 1.807) is 67.8 Å². The smallest absolute Gasteiger partial charge is 0.266 e. The van der Waals surface area contributed by atoms with E-state index in [1.165, 1.54) is 10.8 Å². The van der Waals surface area contributed by atoms with E-state index in [-0.39, 0.29) is 17.1 Å². The number of ether oxygens (including phenoxy) is 1. The highest BCUT2D eigenvalue weighted by Gasteiger charge is 2.15. The number of fused-ring (bicyclic) bond motifs is 1. The van der Waals surface area contributed by atoms with Crippen LogP contribution in [0.5, 0.6) is 11.5 Å². The van der Waals surface area contributed by atoms with Crippen LogP contribution >= 0.6 is 43.6 Å². The van der Waals surface area contributed by atoms with E-state index in [9.17, 15) is 14.7 Å². The van der Waals surface area contributed by atoms with Crippen molar-refractivity contribution in [2.45, 2.75) is 5.16 Å². The number of phenolic OH excluding ortho intramolecular Hbond substituents is 1. The van der Waals surface area contributed by atoms with Gasteiger partial charge in [0.1, 0.15) is 11.5 Å². The Hall–Kier alpha value is -3.15. The Kier molecular flexibility index (Phi) is 7.89. The van der Waals surface area contributed by atoms with Crippen molar-refractivity contribution in [2.24, 2.45) is 5.10 Å². The Bertz CT molecular complexity index is 1490. The lowest BCUT2D eigenvalue weighted by atomic mass is 10.2. The molecule has 0 unspecified atom stereocenters. The number of hydrogen-bond donors (Lipinski definition) is 2. The minimum atomic E-state index is -0.400. The molecular formula is C24H18Br2N4O4S. The third-order valence-electron chi connectivity index (χ3n) is 4.86. The number of methoxy groups -OCH3 is 1. The number of rotatable bonds is 7. The lowest BCUT2D eigenvalue weighted by Gasteiger charge is -2.13. The number of phenols is 1. The first-order valence-electron chi connectivity index (χ1n) is 10.2. The van der Waals surface area contributed by atoms with Gasteiger partial charge in [-0.25, -0.2) is 10.4 Å². The molecule has 35 heavy (non-hydrogen) atoms.